The molecule has 3 aliphatic rings. The third-order valence-electron chi connectivity index (χ3n) is 7.39. The Morgan fingerprint density at radius 1 is 1.08 bits per heavy atom. The Morgan fingerprint density at radius 2 is 1.79 bits per heavy atom. The van der Waals surface area contributed by atoms with Crippen LogP contribution in [0.4, 0.5) is 0 Å². The molecule has 0 aromatic heterocycles. The summed E-state index contributed by atoms with van der Waals surface area (Å²) in [5, 5.41) is 71.6. The minimum atomic E-state index is -2.34. The molecule has 38 heavy (non-hydrogen) atoms. The number of carboxylic acids is 1. The first kappa shape index (κ1) is 28.1. The molecule has 2 heterocycles. The lowest BCUT2D eigenvalue weighted by Gasteiger charge is -2.45. The normalized spacial score (nSPS) is 30.7. The molecule has 5 rings (SSSR count). The first-order chi connectivity index (χ1) is 18.2. The van der Waals surface area contributed by atoms with Crippen LogP contribution in [0.25, 0.3) is 0 Å². The fourth-order valence-corrected chi connectivity index (χ4v) is 4.90. The van der Waals surface area contributed by atoms with Crippen molar-refractivity contribution in [2.45, 2.75) is 74.3 Å². The summed E-state index contributed by atoms with van der Waals surface area (Å²) < 4.78 is 5.39. The monoisotopic (exact) mass is 526 g/mol. The summed E-state index contributed by atoms with van der Waals surface area (Å²) in [6.07, 6.45) is -1.72. The SMILES string of the molecule is N#Cc1ccc([C@]2(O)O[C@H](CO)[C@@H](O)[C@H](O)[C@H]2O)cc1Cc1ccc(C2CC2)cc1.O=C(O)[C@@H]1CCCN1. The number of hydrogen-bond acceptors (Lipinski definition) is 9. The number of nitrogens with one attached hydrogen (secondary N) is 1. The second-order valence-electron chi connectivity index (χ2n) is 10.1. The zero-order valence-corrected chi connectivity index (χ0v) is 20.9. The number of ether oxygens (including phenoxy) is 1. The third kappa shape index (κ3) is 6.06. The molecule has 1 aliphatic carbocycles. The first-order valence-electron chi connectivity index (χ1n) is 12.8. The number of aliphatic carboxylic acids is 1. The molecule has 10 heteroatoms. The van der Waals surface area contributed by atoms with Crippen LogP contribution in [0.2, 0.25) is 0 Å². The van der Waals surface area contributed by atoms with Gasteiger partial charge in [-0.25, -0.2) is 0 Å². The van der Waals surface area contributed by atoms with Gasteiger partial charge in [0.25, 0.3) is 0 Å². The number of rotatable bonds is 6. The first-order valence-corrected chi connectivity index (χ1v) is 12.8. The molecule has 0 spiro atoms. The highest BCUT2D eigenvalue weighted by atomic mass is 16.7. The van der Waals surface area contributed by atoms with Gasteiger partial charge in [0.2, 0.25) is 5.79 Å². The number of nitrogens with zero attached hydrogens (tertiary/aromatic N) is 1. The molecule has 0 amide bonds. The Morgan fingerprint density at radius 3 is 2.32 bits per heavy atom. The number of carboxylic acid groups (broad SMARTS) is 1. The van der Waals surface area contributed by atoms with Crippen LogP contribution in [0.3, 0.4) is 0 Å². The Kier molecular flexibility index (Phi) is 8.80. The van der Waals surface area contributed by atoms with E-state index in [9.17, 15) is 35.6 Å². The molecule has 0 bridgehead atoms. The van der Waals surface area contributed by atoms with Crippen LogP contribution in [-0.4, -0.2) is 80.2 Å². The van der Waals surface area contributed by atoms with E-state index in [-0.39, 0.29) is 11.6 Å². The van der Waals surface area contributed by atoms with Crippen LogP contribution in [0.1, 0.15) is 59.4 Å². The standard InChI is InChI=1S/C23H25NO6.C5H9NO2/c24-11-16-7-8-18(23(29)22(28)21(27)20(26)19(12-25)30-23)10-17(16)9-13-1-3-14(4-2-13)15-5-6-15;7-5(8)4-2-1-3-6-4/h1-4,7-8,10,15,19-22,25-29H,5-6,9,12H2;4,6H,1-3H2,(H,7,8)/t19-,20-,21+,22-,23+;4-/m10/s1. The molecular formula is C28H34N2O8. The average Bonchev–Trinajstić information content (AvgIpc) is 3.62. The van der Waals surface area contributed by atoms with Crippen molar-refractivity contribution in [2.75, 3.05) is 13.2 Å². The predicted octanol–water partition coefficient (Wildman–Crippen LogP) is 0.468. The number of aliphatic hydroxyl groups excluding tert-OH is 4. The van der Waals surface area contributed by atoms with Gasteiger partial charge in [-0.3, -0.25) is 4.79 Å². The van der Waals surface area contributed by atoms with Gasteiger partial charge < -0.3 is 40.7 Å². The van der Waals surface area contributed by atoms with Crippen molar-refractivity contribution in [2.24, 2.45) is 0 Å². The quantitative estimate of drug-likeness (QED) is 0.279. The second kappa shape index (κ2) is 11.9. The highest BCUT2D eigenvalue weighted by Gasteiger charge is 2.53. The maximum atomic E-state index is 11.0. The van der Waals surface area contributed by atoms with Crippen molar-refractivity contribution in [3.8, 4) is 6.07 Å². The molecule has 7 N–H and O–H groups in total. The maximum absolute atomic E-state index is 11.0. The van der Waals surface area contributed by atoms with E-state index in [0.29, 0.717) is 23.5 Å². The maximum Gasteiger partial charge on any atom is 0.320 e. The molecule has 6 atom stereocenters. The second-order valence-corrected chi connectivity index (χ2v) is 10.1. The average molecular weight is 527 g/mol. The van der Waals surface area contributed by atoms with Gasteiger partial charge in [-0.15, -0.1) is 0 Å². The van der Waals surface area contributed by atoms with Crippen molar-refractivity contribution >= 4 is 5.97 Å². The predicted molar refractivity (Wildman–Crippen MR) is 135 cm³/mol. The van der Waals surface area contributed by atoms with Gasteiger partial charge in [-0.2, -0.15) is 5.26 Å². The molecule has 10 nitrogen and oxygen atoms in total. The van der Waals surface area contributed by atoms with Gasteiger partial charge in [0.1, 0.15) is 30.5 Å². The van der Waals surface area contributed by atoms with Crippen molar-refractivity contribution < 1.29 is 40.2 Å². The molecule has 0 unspecified atom stereocenters. The molecule has 0 radical (unpaired) electrons. The summed E-state index contributed by atoms with van der Waals surface area (Å²) in [6, 6.07) is 14.6. The third-order valence-corrected chi connectivity index (χ3v) is 7.39. The molecular weight excluding hydrogens is 492 g/mol. The van der Waals surface area contributed by atoms with Crippen molar-refractivity contribution in [1.82, 2.24) is 5.32 Å². The van der Waals surface area contributed by atoms with Crippen molar-refractivity contribution in [1.29, 1.82) is 5.26 Å². The fourth-order valence-electron chi connectivity index (χ4n) is 4.90. The zero-order valence-electron chi connectivity index (χ0n) is 20.9. The van der Waals surface area contributed by atoms with E-state index in [4.69, 9.17) is 9.84 Å². The van der Waals surface area contributed by atoms with Gasteiger partial charge in [-0.1, -0.05) is 30.3 Å². The number of carbonyl (C=O) groups is 1. The number of aliphatic hydroxyl groups is 5. The summed E-state index contributed by atoms with van der Waals surface area (Å²) in [5.74, 6) is -2.41. The van der Waals surface area contributed by atoms with E-state index in [2.05, 4.69) is 23.5 Å². The highest BCUT2D eigenvalue weighted by molar-refractivity contribution is 5.73. The van der Waals surface area contributed by atoms with Crippen molar-refractivity contribution in [3.05, 3.63) is 70.3 Å². The molecule has 204 valence electrons. The van der Waals surface area contributed by atoms with E-state index in [1.54, 1.807) is 6.07 Å². The summed E-state index contributed by atoms with van der Waals surface area (Å²) in [5.41, 5.74) is 3.47. The minimum Gasteiger partial charge on any atom is -0.480 e. The Labute approximate surface area is 220 Å². The van der Waals surface area contributed by atoms with Crippen LogP contribution in [0.5, 0.6) is 0 Å². The van der Waals surface area contributed by atoms with Crippen molar-refractivity contribution in [3.63, 3.8) is 0 Å². The highest BCUT2D eigenvalue weighted by Crippen LogP contribution is 2.40. The molecule has 1 saturated carbocycles. The van der Waals surface area contributed by atoms with E-state index < -0.39 is 42.8 Å². The number of nitriles is 1. The van der Waals surface area contributed by atoms with Crippen LogP contribution >= 0.6 is 0 Å². The zero-order chi connectivity index (χ0) is 27.4. The summed E-state index contributed by atoms with van der Waals surface area (Å²) in [4.78, 5) is 10.1. The number of benzene rings is 2. The molecule has 2 aliphatic heterocycles. The van der Waals surface area contributed by atoms with Crippen LogP contribution < -0.4 is 5.32 Å². The van der Waals surface area contributed by atoms with Gasteiger partial charge in [-0.05, 0) is 73.4 Å². The van der Waals surface area contributed by atoms with Gasteiger partial charge >= 0.3 is 5.97 Å². The lowest BCUT2D eigenvalue weighted by molar-refractivity contribution is -0.357. The molecule has 3 fully saturated rings. The Balaban J connectivity index is 0.000000360. The summed E-state index contributed by atoms with van der Waals surface area (Å²) in [7, 11) is 0. The smallest absolute Gasteiger partial charge is 0.320 e. The topological polar surface area (TPSA) is 184 Å². The molecule has 2 saturated heterocycles. The van der Waals surface area contributed by atoms with Gasteiger partial charge in [0.05, 0.1) is 18.2 Å². The fraction of sp³-hybridized carbons (Fsp3) is 0.500. The Bertz CT molecular complexity index is 1150. The molecule has 2 aromatic rings. The van der Waals surface area contributed by atoms with Gasteiger partial charge in [0.15, 0.2) is 0 Å². The van der Waals surface area contributed by atoms with Gasteiger partial charge in [0, 0.05) is 5.56 Å². The summed E-state index contributed by atoms with van der Waals surface area (Å²) in [6.45, 7) is 0.209. The minimum absolute atomic E-state index is 0.128. The van der Waals surface area contributed by atoms with Crippen LogP contribution in [-0.2, 0) is 21.7 Å². The largest absolute Gasteiger partial charge is 0.480 e. The lowest BCUT2D eigenvalue weighted by atomic mass is 9.86. The Hall–Kier alpha value is -2.88. The lowest BCUT2D eigenvalue weighted by Crippen LogP contribution is -2.63. The van der Waals surface area contributed by atoms with Crippen LogP contribution in [0.15, 0.2) is 42.5 Å². The van der Waals surface area contributed by atoms with E-state index in [0.717, 1.165) is 24.9 Å². The summed E-state index contributed by atoms with van der Waals surface area (Å²) >= 11 is 0. The van der Waals surface area contributed by atoms with E-state index in [1.807, 2.05) is 12.1 Å². The van der Waals surface area contributed by atoms with E-state index >= 15 is 0 Å². The number of hydrogen-bond donors (Lipinski definition) is 7. The van der Waals surface area contributed by atoms with E-state index in [1.165, 1.54) is 30.5 Å². The molecule has 2 aromatic carbocycles. The van der Waals surface area contributed by atoms with Crippen LogP contribution in [0, 0.1) is 11.3 Å².